The minimum Gasteiger partial charge on any atom is -0.497 e. The lowest BCUT2D eigenvalue weighted by Gasteiger charge is -2.36. The van der Waals surface area contributed by atoms with Gasteiger partial charge >= 0.3 is 6.09 Å². The van der Waals surface area contributed by atoms with Crippen LogP contribution in [-0.2, 0) is 29.1 Å². The number of halogens is 1. The number of amides is 4. The molecule has 1 aromatic heterocycles. The van der Waals surface area contributed by atoms with Crippen LogP contribution in [-0.4, -0.2) is 85.1 Å². The normalized spacial score (nSPS) is 19.6. The summed E-state index contributed by atoms with van der Waals surface area (Å²) in [4.78, 5) is 61.7. The first-order chi connectivity index (χ1) is 28.0. The fourth-order valence-electron chi connectivity index (χ4n) is 7.08. The molecule has 4 amide bonds. The zero-order valence-corrected chi connectivity index (χ0v) is 35.7. The van der Waals surface area contributed by atoms with Gasteiger partial charge < -0.3 is 29.7 Å². The third kappa shape index (κ3) is 9.38. The van der Waals surface area contributed by atoms with Gasteiger partial charge in [0.05, 0.1) is 29.8 Å². The van der Waals surface area contributed by atoms with Gasteiger partial charge in [0.2, 0.25) is 11.8 Å². The summed E-state index contributed by atoms with van der Waals surface area (Å²) in [5.41, 5.74) is -1.19. The van der Waals surface area contributed by atoms with E-state index in [0.29, 0.717) is 28.1 Å². The molecular weight excluding hydrogens is 794 g/mol. The summed E-state index contributed by atoms with van der Waals surface area (Å²) in [6, 6.07) is 17.3. The van der Waals surface area contributed by atoms with Crippen molar-refractivity contribution in [1.82, 2.24) is 25.2 Å². The number of hydrogen-bond donors (Lipinski definition) is 3. The second-order valence-electron chi connectivity index (χ2n) is 17.2. The van der Waals surface area contributed by atoms with Gasteiger partial charge in [0.15, 0.2) is 0 Å². The summed E-state index contributed by atoms with van der Waals surface area (Å²) in [6.45, 7) is 15.5. The van der Waals surface area contributed by atoms with Crippen molar-refractivity contribution in [2.45, 2.75) is 95.5 Å². The number of aryl methyl sites for hydroxylation is 1. The van der Waals surface area contributed by atoms with Crippen LogP contribution in [0, 0.1) is 18.2 Å². The molecule has 4 aromatic rings. The quantitative estimate of drug-likeness (QED) is 0.152. The van der Waals surface area contributed by atoms with E-state index in [2.05, 4.69) is 17.2 Å². The lowest BCUT2D eigenvalue weighted by atomic mass is 9.85. The Morgan fingerprint density at radius 2 is 1.67 bits per heavy atom. The van der Waals surface area contributed by atoms with E-state index in [-0.39, 0.29) is 30.5 Å². The molecule has 0 spiro atoms. The van der Waals surface area contributed by atoms with E-state index in [1.807, 2.05) is 35.1 Å². The van der Waals surface area contributed by atoms with E-state index < -0.39 is 79.3 Å². The molecule has 1 saturated carbocycles. The zero-order valence-electron chi connectivity index (χ0n) is 34.8. The van der Waals surface area contributed by atoms with Crippen LogP contribution in [0.15, 0.2) is 89.8 Å². The summed E-state index contributed by atoms with van der Waals surface area (Å²) in [7, 11) is -3.03. The van der Waals surface area contributed by atoms with Gasteiger partial charge in [-0.3, -0.25) is 14.4 Å². The smallest absolute Gasteiger partial charge is 0.408 e. The fourth-order valence-corrected chi connectivity index (χ4v) is 8.37. The van der Waals surface area contributed by atoms with Crippen molar-refractivity contribution in [1.29, 1.82) is 0 Å². The van der Waals surface area contributed by atoms with Crippen LogP contribution in [0.5, 0.6) is 11.5 Å². The van der Waals surface area contributed by atoms with Crippen molar-refractivity contribution in [3.05, 3.63) is 96.3 Å². The molecule has 16 heteroatoms. The molecule has 0 unspecified atom stereocenters. The number of carbonyl (C=O) groups is 4. The van der Waals surface area contributed by atoms with Crippen molar-refractivity contribution >= 4 is 44.7 Å². The average Bonchev–Trinajstić information content (AvgIpc) is 3.62. The molecule has 1 saturated heterocycles. The van der Waals surface area contributed by atoms with Gasteiger partial charge in [0.25, 0.3) is 15.9 Å². The molecule has 1 aliphatic carbocycles. The van der Waals surface area contributed by atoms with Crippen LogP contribution >= 0.6 is 0 Å². The number of rotatable bonds is 11. The van der Waals surface area contributed by atoms with E-state index in [1.54, 1.807) is 72.9 Å². The van der Waals surface area contributed by atoms with Crippen LogP contribution < -0.4 is 24.8 Å². The van der Waals surface area contributed by atoms with Crippen molar-refractivity contribution < 1.29 is 46.2 Å². The topological polar surface area (TPSA) is 182 Å². The highest BCUT2D eigenvalue weighted by Gasteiger charge is 2.58. The Morgan fingerprint density at radius 1 is 0.983 bits per heavy atom. The van der Waals surface area contributed by atoms with E-state index in [1.165, 1.54) is 17.9 Å². The molecular formula is C44H50FN5O9S. The van der Waals surface area contributed by atoms with Gasteiger partial charge in [-0.1, -0.05) is 63.7 Å². The maximum absolute atomic E-state index is 14.7. The Balaban J connectivity index is 1.34. The van der Waals surface area contributed by atoms with Crippen LogP contribution in [0.25, 0.3) is 22.2 Å². The van der Waals surface area contributed by atoms with Crippen LogP contribution in [0.4, 0.5) is 9.18 Å². The number of fused-ring (bicyclic) bond motifs is 1. The molecule has 3 N–H and O–H groups in total. The van der Waals surface area contributed by atoms with Gasteiger partial charge in [0.1, 0.15) is 46.6 Å². The Labute approximate surface area is 348 Å². The molecule has 1 aliphatic heterocycles. The number of ether oxygens (including phenoxy) is 3. The summed E-state index contributed by atoms with van der Waals surface area (Å²) >= 11 is 0. The number of nitrogens with zero attached hydrogens (tertiary/aromatic N) is 2. The third-order valence-corrected chi connectivity index (χ3v) is 11.8. The molecule has 2 aliphatic rings. The van der Waals surface area contributed by atoms with E-state index in [9.17, 15) is 32.0 Å². The molecule has 14 nitrogen and oxygen atoms in total. The van der Waals surface area contributed by atoms with E-state index in [4.69, 9.17) is 19.2 Å². The molecule has 2 fully saturated rings. The maximum Gasteiger partial charge on any atom is 0.408 e. The zero-order chi connectivity index (χ0) is 43.9. The third-order valence-electron chi connectivity index (χ3n) is 10.3. The maximum atomic E-state index is 14.7. The van der Waals surface area contributed by atoms with E-state index >= 15 is 0 Å². The van der Waals surface area contributed by atoms with Crippen molar-refractivity contribution in [2.75, 3.05) is 13.7 Å². The number of hydrogen-bond acceptors (Lipinski definition) is 10. The monoisotopic (exact) mass is 843 g/mol. The number of methoxy groups -OCH3 is 1. The van der Waals surface area contributed by atoms with Crippen molar-refractivity contribution in [3.63, 3.8) is 0 Å². The lowest BCUT2D eigenvalue weighted by molar-refractivity contribution is -0.142. The van der Waals surface area contributed by atoms with Crippen LogP contribution in [0.1, 0.15) is 59.9 Å². The summed E-state index contributed by atoms with van der Waals surface area (Å²) in [5.74, 6) is -2.33. The second kappa shape index (κ2) is 16.2. The molecule has 318 valence electrons. The Hall–Kier alpha value is -6.03. The van der Waals surface area contributed by atoms with Crippen molar-refractivity contribution in [2.24, 2.45) is 5.41 Å². The van der Waals surface area contributed by atoms with Gasteiger partial charge in [-0.25, -0.2) is 27.3 Å². The predicted molar refractivity (Wildman–Crippen MR) is 222 cm³/mol. The largest absolute Gasteiger partial charge is 0.497 e. The van der Waals surface area contributed by atoms with Crippen molar-refractivity contribution in [3.8, 4) is 22.8 Å². The van der Waals surface area contributed by atoms with Crippen LogP contribution in [0.2, 0.25) is 0 Å². The lowest BCUT2D eigenvalue weighted by Crippen LogP contribution is -2.60. The molecule has 0 bridgehead atoms. The Kier molecular flexibility index (Phi) is 11.8. The number of likely N-dealkylation sites (tertiary alicyclic amines) is 1. The number of pyridine rings is 1. The average molecular weight is 844 g/mol. The summed E-state index contributed by atoms with van der Waals surface area (Å²) < 4.78 is 60.3. The highest BCUT2D eigenvalue weighted by atomic mass is 32.2. The number of alkyl carbamates (subject to hydrolysis) is 1. The van der Waals surface area contributed by atoms with Gasteiger partial charge in [0, 0.05) is 35.9 Å². The van der Waals surface area contributed by atoms with Crippen LogP contribution in [0.3, 0.4) is 0 Å². The molecule has 60 heavy (non-hydrogen) atoms. The summed E-state index contributed by atoms with van der Waals surface area (Å²) in [5, 5.41) is 6.01. The molecule has 6 rings (SSSR count). The molecule has 0 radical (unpaired) electrons. The first kappa shape index (κ1) is 43.5. The van der Waals surface area contributed by atoms with Gasteiger partial charge in [-0.05, 0) is 68.5 Å². The SMILES string of the molecule is C=C1C[C@]1(NC(=O)[C@@H]1C[C@@H](Oc2cc(-c3ccccc3)nc3cc(OC)ccc23)CN1C(=O)[C@@H](NC(=O)OC(C)(C)C)C(C)(C)C)C(=O)NS(=O)(=O)c1cc(F)ccc1C. The number of carbonyl (C=O) groups excluding carboxylic acids is 4. The minimum atomic E-state index is -4.58. The Morgan fingerprint density at radius 3 is 2.28 bits per heavy atom. The summed E-state index contributed by atoms with van der Waals surface area (Å²) in [6.07, 6.45) is -1.79. The highest BCUT2D eigenvalue weighted by Crippen LogP contribution is 2.43. The highest BCUT2D eigenvalue weighted by molar-refractivity contribution is 7.90. The second-order valence-corrected chi connectivity index (χ2v) is 18.9. The molecule has 3 aromatic carbocycles. The van der Waals surface area contributed by atoms with E-state index in [0.717, 1.165) is 17.7 Å². The number of benzene rings is 3. The van der Waals surface area contributed by atoms with Gasteiger partial charge in [-0.15, -0.1) is 0 Å². The predicted octanol–water partition coefficient (Wildman–Crippen LogP) is 5.97. The number of sulfonamides is 1. The molecule has 4 atom stereocenters. The number of aromatic nitrogens is 1. The minimum absolute atomic E-state index is 0.0630. The number of nitrogens with one attached hydrogen (secondary N) is 3. The fraction of sp³-hybridized carbons (Fsp3) is 0.386. The first-order valence-electron chi connectivity index (χ1n) is 19.4. The Bertz CT molecular complexity index is 2480. The molecule has 2 heterocycles. The standard InChI is InChI=1S/C44H50FN5O9S/c1-25-15-16-28(45)19-36(25)60(55,56)49-40(53)44(23-26(44)2)48-38(51)34-21-30(24-50(34)39(52)37(42(3,4)5)47-41(54)59-43(6,7)8)58-35-22-32(27-13-11-10-12-14-27)46-33-20-29(57-9)17-18-31(33)35/h10-20,22,30,34,37H,2,21,23-24H2,1,3-9H3,(H,47,54)(H,48,51)(H,49,53)/t30-,34+,37-,44-/m1/s1. The first-order valence-corrected chi connectivity index (χ1v) is 20.8. The van der Waals surface area contributed by atoms with Gasteiger partial charge in [-0.2, -0.15) is 0 Å².